The second-order valence-electron chi connectivity index (χ2n) is 5.05. The van der Waals surface area contributed by atoms with Gasteiger partial charge >= 0.3 is 0 Å². The number of phenols is 3. The Hall–Kier alpha value is -2.41. The predicted molar refractivity (Wildman–Crippen MR) is 83.8 cm³/mol. The minimum atomic E-state index is -3.44. The number of anilines is 1. The average molecular weight is 323 g/mol. The van der Waals surface area contributed by atoms with E-state index in [9.17, 15) is 23.7 Å². The molecule has 0 saturated carbocycles. The number of hydrogen-bond donors (Lipinski definition) is 4. The van der Waals surface area contributed by atoms with Crippen molar-refractivity contribution in [1.29, 1.82) is 0 Å². The van der Waals surface area contributed by atoms with Crippen LogP contribution in [0.2, 0.25) is 0 Å². The van der Waals surface area contributed by atoms with Crippen molar-refractivity contribution in [2.75, 3.05) is 11.0 Å². The highest BCUT2D eigenvalue weighted by Gasteiger charge is 2.08. The molecule has 118 valence electrons. The Labute approximate surface area is 128 Å². The molecule has 0 radical (unpaired) electrons. The van der Waals surface area contributed by atoms with Gasteiger partial charge in [-0.25, -0.2) is 8.42 Å². The van der Waals surface area contributed by atoms with E-state index in [0.717, 1.165) is 17.4 Å². The summed E-state index contributed by atoms with van der Waals surface area (Å²) in [5.41, 5.74) is 1.80. The van der Waals surface area contributed by atoms with Crippen molar-refractivity contribution >= 4 is 15.7 Å². The molecular weight excluding hydrogens is 306 g/mol. The van der Waals surface area contributed by atoms with E-state index in [1.54, 1.807) is 12.1 Å². The minimum Gasteiger partial charge on any atom is -0.506 e. The van der Waals surface area contributed by atoms with Crippen molar-refractivity contribution in [3.05, 3.63) is 47.5 Å². The molecule has 0 aliphatic heterocycles. The van der Waals surface area contributed by atoms with E-state index in [1.165, 1.54) is 24.3 Å². The van der Waals surface area contributed by atoms with Crippen LogP contribution in [-0.4, -0.2) is 30.0 Å². The highest BCUT2D eigenvalue weighted by Crippen LogP contribution is 2.27. The van der Waals surface area contributed by atoms with E-state index in [4.69, 9.17) is 0 Å². The molecule has 0 heterocycles. The fraction of sp³-hybridized carbons (Fsp3) is 0.200. The molecule has 4 N–H and O–H groups in total. The van der Waals surface area contributed by atoms with E-state index < -0.39 is 10.0 Å². The van der Waals surface area contributed by atoms with E-state index in [2.05, 4.69) is 4.72 Å². The maximum atomic E-state index is 11.1. The van der Waals surface area contributed by atoms with Gasteiger partial charge in [0, 0.05) is 0 Å². The number of phenolic OH excluding ortho intramolecular Hbond substituents is 3. The van der Waals surface area contributed by atoms with Crippen LogP contribution in [0.3, 0.4) is 0 Å². The van der Waals surface area contributed by atoms with Crippen LogP contribution in [0.1, 0.15) is 11.1 Å². The average Bonchev–Trinajstić information content (AvgIpc) is 2.41. The lowest BCUT2D eigenvalue weighted by Gasteiger charge is -2.09. The monoisotopic (exact) mass is 323 g/mol. The Bertz CT molecular complexity index is 787. The Balaban J connectivity index is 2.07. The first-order valence-electron chi connectivity index (χ1n) is 6.55. The van der Waals surface area contributed by atoms with Crippen LogP contribution in [0.25, 0.3) is 0 Å². The van der Waals surface area contributed by atoms with Crippen LogP contribution in [0.15, 0.2) is 36.4 Å². The van der Waals surface area contributed by atoms with Crippen LogP contribution in [-0.2, 0) is 22.9 Å². The van der Waals surface area contributed by atoms with Crippen molar-refractivity contribution in [2.45, 2.75) is 12.8 Å². The number of sulfonamides is 1. The Kier molecular flexibility index (Phi) is 4.46. The third-order valence-corrected chi connectivity index (χ3v) is 3.69. The first kappa shape index (κ1) is 16.0. The third kappa shape index (κ3) is 4.29. The normalized spacial score (nSPS) is 11.3. The van der Waals surface area contributed by atoms with Gasteiger partial charge in [-0.3, -0.25) is 4.72 Å². The molecule has 7 heteroatoms. The first-order valence-corrected chi connectivity index (χ1v) is 8.44. The Morgan fingerprint density at radius 2 is 1.41 bits per heavy atom. The number of rotatable bonds is 5. The quantitative estimate of drug-likeness (QED) is 0.629. The van der Waals surface area contributed by atoms with E-state index in [0.29, 0.717) is 12.8 Å². The third-order valence-electron chi connectivity index (χ3n) is 3.10. The van der Waals surface area contributed by atoms with Crippen LogP contribution >= 0.6 is 0 Å². The number of hydrogen-bond acceptors (Lipinski definition) is 5. The maximum absolute atomic E-state index is 11.1. The lowest BCUT2D eigenvalue weighted by molar-refractivity contribution is 0.403. The molecule has 0 saturated heterocycles. The molecule has 0 spiro atoms. The van der Waals surface area contributed by atoms with Gasteiger partial charge in [0.2, 0.25) is 10.0 Å². The van der Waals surface area contributed by atoms with Gasteiger partial charge in [0.1, 0.15) is 5.75 Å². The SMILES string of the molecule is CS(=O)(=O)Nc1ccc(CCc2ccc(O)c(O)c2)cc1O. The van der Waals surface area contributed by atoms with Gasteiger partial charge < -0.3 is 15.3 Å². The Morgan fingerprint density at radius 1 is 0.864 bits per heavy atom. The van der Waals surface area contributed by atoms with Crippen LogP contribution in [0.5, 0.6) is 17.2 Å². The van der Waals surface area contributed by atoms with Gasteiger partial charge in [-0.1, -0.05) is 12.1 Å². The fourth-order valence-electron chi connectivity index (χ4n) is 2.03. The van der Waals surface area contributed by atoms with Crippen LogP contribution in [0.4, 0.5) is 5.69 Å². The standard InChI is InChI=1S/C15H17NO5S/c1-22(20,21)16-12-6-4-10(8-14(12)18)2-3-11-5-7-13(17)15(19)9-11/h4-9,16-19H,2-3H2,1H3. The summed E-state index contributed by atoms with van der Waals surface area (Å²) in [7, 11) is -3.44. The molecule has 22 heavy (non-hydrogen) atoms. The summed E-state index contributed by atoms with van der Waals surface area (Å²) in [6.45, 7) is 0. The zero-order chi connectivity index (χ0) is 16.3. The van der Waals surface area contributed by atoms with Crippen molar-refractivity contribution < 1.29 is 23.7 Å². The van der Waals surface area contributed by atoms with Crippen LogP contribution < -0.4 is 4.72 Å². The van der Waals surface area contributed by atoms with E-state index in [1.807, 2.05) is 0 Å². The molecule has 0 bridgehead atoms. The van der Waals surface area contributed by atoms with E-state index in [-0.39, 0.29) is 22.9 Å². The summed E-state index contributed by atoms with van der Waals surface area (Å²) < 4.78 is 24.5. The summed E-state index contributed by atoms with van der Waals surface area (Å²) in [6.07, 6.45) is 2.21. The smallest absolute Gasteiger partial charge is 0.229 e. The van der Waals surface area contributed by atoms with Gasteiger partial charge in [-0.15, -0.1) is 0 Å². The lowest BCUT2D eigenvalue weighted by atomic mass is 10.0. The summed E-state index contributed by atoms with van der Waals surface area (Å²) in [4.78, 5) is 0. The second-order valence-corrected chi connectivity index (χ2v) is 6.80. The predicted octanol–water partition coefficient (Wildman–Crippen LogP) is 1.96. The topological polar surface area (TPSA) is 107 Å². The van der Waals surface area contributed by atoms with Gasteiger partial charge in [0.15, 0.2) is 11.5 Å². The molecule has 2 rings (SSSR count). The first-order chi connectivity index (χ1) is 10.2. The van der Waals surface area contributed by atoms with Gasteiger partial charge in [0.25, 0.3) is 0 Å². The summed E-state index contributed by atoms with van der Waals surface area (Å²) in [6, 6.07) is 9.31. The highest BCUT2D eigenvalue weighted by molar-refractivity contribution is 7.92. The lowest BCUT2D eigenvalue weighted by Crippen LogP contribution is -2.09. The summed E-state index contributed by atoms with van der Waals surface area (Å²) in [5, 5.41) is 28.5. The number of nitrogens with one attached hydrogen (secondary N) is 1. The summed E-state index contributed by atoms with van der Waals surface area (Å²) in [5.74, 6) is -0.484. The molecule has 0 amide bonds. The second kappa shape index (κ2) is 6.15. The number of aromatic hydroxyl groups is 3. The van der Waals surface area contributed by atoms with Crippen molar-refractivity contribution in [3.8, 4) is 17.2 Å². The summed E-state index contributed by atoms with van der Waals surface area (Å²) >= 11 is 0. The molecule has 0 aliphatic rings. The van der Waals surface area contributed by atoms with Crippen molar-refractivity contribution in [1.82, 2.24) is 0 Å². The minimum absolute atomic E-state index is 0.133. The van der Waals surface area contributed by atoms with Crippen molar-refractivity contribution in [3.63, 3.8) is 0 Å². The Morgan fingerprint density at radius 3 is 1.91 bits per heavy atom. The van der Waals surface area contributed by atoms with Crippen molar-refractivity contribution in [2.24, 2.45) is 0 Å². The molecular formula is C15H17NO5S. The van der Waals surface area contributed by atoms with Gasteiger partial charge in [-0.05, 0) is 48.2 Å². The molecule has 0 atom stereocenters. The molecule has 0 aliphatic carbocycles. The zero-order valence-corrected chi connectivity index (χ0v) is 12.8. The van der Waals surface area contributed by atoms with Crippen LogP contribution in [0, 0.1) is 0 Å². The highest BCUT2D eigenvalue weighted by atomic mass is 32.2. The fourth-order valence-corrected chi connectivity index (χ4v) is 2.60. The molecule has 0 fully saturated rings. The molecule has 0 aromatic heterocycles. The maximum Gasteiger partial charge on any atom is 0.229 e. The largest absolute Gasteiger partial charge is 0.506 e. The molecule has 6 nitrogen and oxygen atoms in total. The molecule has 2 aromatic rings. The molecule has 0 unspecified atom stereocenters. The molecule has 2 aromatic carbocycles. The van der Waals surface area contributed by atoms with E-state index >= 15 is 0 Å². The number of benzene rings is 2. The zero-order valence-electron chi connectivity index (χ0n) is 11.9. The number of aryl methyl sites for hydroxylation is 2. The van der Waals surface area contributed by atoms with Gasteiger partial charge in [-0.2, -0.15) is 0 Å². The van der Waals surface area contributed by atoms with Gasteiger partial charge in [0.05, 0.1) is 11.9 Å².